The summed E-state index contributed by atoms with van der Waals surface area (Å²) in [5.41, 5.74) is 2.36. The van der Waals surface area contributed by atoms with Crippen LogP contribution in [0.1, 0.15) is 29.8 Å². The van der Waals surface area contributed by atoms with E-state index in [2.05, 4.69) is 21.2 Å². The molecule has 3 nitrogen and oxygen atoms in total. The molecule has 2 aromatic rings. The van der Waals surface area contributed by atoms with E-state index < -0.39 is 0 Å². The molecule has 0 aliphatic heterocycles. The zero-order valence-electron chi connectivity index (χ0n) is 12.3. The van der Waals surface area contributed by atoms with Crippen LogP contribution in [0.4, 0.5) is 5.69 Å². The number of carbonyl (C=O) groups excluding carboxylic acids is 1. The molecule has 0 saturated carbocycles. The van der Waals surface area contributed by atoms with Crippen molar-refractivity contribution < 1.29 is 9.53 Å². The number of anilines is 1. The van der Waals surface area contributed by atoms with Gasteiger partial charge in [0.05, 0.1) is 11.7 Å². The SMILES string of the molecule is Cc1cc(OC(C)C)ccc1NC(=O)c1ccccc1Br. The molecule has 0 heterocycles. The van der Waals surface area contributed by atoms with Gasteiger partial charge in [0.2, 0.25) is 0 Å². The fourth-order valence-electron chi connectivity index (χ4n) is 1.96. The molecular formula is C17H18BrNO2. The number of halogens is 1. The lowest BCUT2D eigenvalue weighted by atomic mass is 10.1. The second kappa shape index (κ2) is 6.76. The molecular weight excluding hydrogens is 330 g/mol. The van der Waals surface area contributed by atoms with E-state index >= 15 is 0 Å². The predicted molar refractivity (Wildman–Crippen MR) is 89.0 cm³/mol. The first kappa shape index (κ1) is 15.6. The third-order valence-corrected chi connectivity index (χ3v) is 3.63. The Bertz CT molecular complexity index is 653. The Labute approximate surface area is 133 Å². The number of hydrogen-bond donors (Lipinski definition) is 1. The lowest BCUT2D eigenvalue weighted by molar-refractivity contribution is 0.102. The van der Waals surface area contributed by atoms with Crippen LogP contribution < -0.4 is 10.1 Å². The van der Waals surface area contributed by atoms with E-state index in [0.717, 1.165) is 21.5 Å². The molecule has 0 saturated heterocycles. The molecule has 1 amide bonds. The monoisotopic (exact) mass is 347 g/mol. The van der Waals surface area contributed by atoms with E-state index in [4.69, 9.17) is 4.74 Å². The average molecular weight is 348 g/mol. The van der Waals surface area contributed by atoms with Crippen LogP contribution in [0.25, 0.3) is 0 Å². The van der Waals surface area contributed by atoms with Crippen molar-refractivity contribution in [1.29, 1.82) is 0 Å². The minimum absolute atomic E-state index is 0.130. The Morgan fingerprint density at radius 1 is 1.19 bits per heavy atom. The van der Waals surface area contributed by atoms with Gasteiger partial charge in [-0.15, -0.1) is 0 Å². The van der Waals surface area contributed by atoms with Crippen molar-refractivity contribution in [2.45, 2.75) is 26.9 Å². The highest BCUT2D eigenvalue weighted by molar-refractivity contribution is 9.10. The molecule has 110 valence electrons. The largest absolute Gasteiger partial charge is 0.491 e. The number of hydrogen-bond acceptors (Lipinski definition) is 2. The number of nitrogens with one attached hydrogen (secondary N) is 1. The van der Waals surface area contributed by atoms with Crippen molar-refractivity contribution in [3.05, 3.63) is 58.1 Å². The molecule has 0 aromatic heterocycles. The maximum Gasteiger partial charge on any atom is 0.256 e. The van der Waals surface area contributed by atoms with Gasteiger partial charge in [0.25, 0.3) is 5.91 Å². The van der Waals surface area contributed by atoms with Crippen LogP contribution in [0.5, 0.6) is 5.75 Å². The maximum absolute atomic E-state index is 12.3. The maximum atomic E-state index is 12.3. The van der Waals surface area contributed by atoms with Crippen LogP contribution in [0.2, 0.25) is 0 Å². The van der Waals surface area contributed by atoms with Crippen LogP contribution in [0.3, 0.4) is 0 Å². The van der Waals surface area contributed by atoms with Crippen LogP contribution in [0, 0.1) is 6.92 Å². The molecule has 0 unspecified atom stereocenters. The molecule has 0 atom stereocenters. The van der Waals surface area contributed by atoms with Gasteiger partial charge in [0.15, 0.2) is 0 Å². The Morgan fingerprint density at radius 3 is 2.52 bits per heavy atom. The van der Waals surface area contributed by atoms with Gasteiger partial charge in [0, 0.05) is 10.2 Å². The minimum Gasteiger partial charge on any atom is -0.491 e. The van der Waals surface area contributed by atoms with E-state index in [1.807, 2.05) is 57.2 Å². The summed E-state index contributed by atoms with van der Waals surface area (Å²) < 4.78 is 6.42. The quantitative estimate of drug-likeness (QED) is 0.862. The van der Waals surface area contributed by atoms with E-state index in [1.54, 1.807) is 6.07 Å². The number of benzene rings is 2. The van der Waals surface area contributed by atoms with Gasteiger partial charge in [-0.05, 0) is 72.6 Å². The molecule has 21 heavy (non-hydrogen) atoms. The fourth-order valence-corrected chi connectivity index (χ4v) is 2.42. The van der Waals surface area contributed by atoms with E-state index in [1.165, 1.54) is 0 Å². The Morgan fingerprint density at radius 2 is 1.90 bits per heavy atom. The molecule has 4 heteroatoms. The van der Waals surface area contributed by atoms with Gasteiger partial charge in [0.1, 0.15) is 5.75 Å². The average Bonchev–Trinajstić information content (AvgIpc) is 2.41. The zero-order valence-corrected chi connectivity index (χ0v) is 13.9. The molecule has 0 bridgehead atoms. The van der Waals surface area contributed by atoms with Gasteiger partial charge in [-0.3, -0.25) is 4.79 Å². The standard InChI is InChI=1S/C17H18BrNO2/c1-11(2)21-13-8-9-16(12(3)10-13)19-17(20)14-6-4-5-7-15(14)18/h4-11H,1-3H3,(H,19,20). The van der Waals surface area contributed by atoms with Crippen LogP contribution in [0.15, 0.2) is 46.9 Å². The van der Waals surface area contributed by atoms with Crippen molar-refractivity contribution in [3.63, 3.8) is 0 Å². The van der Waals surface area contributed by atoms with Crippen LogP contribution >= 0.6 is 15.9 Å². The van der Waals surface area contributed by atoms with Gasteiger partial charge >= 0.3 is 0 Å². The normalized spacial score (nSPS) is 10.5. The van der Waals surface area contributed by atoms with Crippen molar-refractivity contribution in [2.75, 3.05) is 5.32 Å². The summed E-state index contributed by atoms with van der Waals surface area (Å²) >= 11 is 3.39. The number of aryl methyl sites for hydroxylation is 1. The first-order valence-electron chi connectivity index (χ1n) is 6.80. The molecule has 2 rings (SSSR count). The molecule has 2 aromatic carbocycles. The predicted octanol–water partition coefficient (Wildman–Crippen LogP) is 4.80. The summed E-state index contributed by atoms with van der Waals surface area (Å²) in [6, 6.07) is 13.0. The molecule has 0 spiro atoms. The lowest BCUT2D eigenvalue weighted by Gasteiger charge is -2.13. The first-order chi connectivity index (χ1) is 9.97. The summed E-state index contributed by atoms with van der Waals surface area (Å²) in [5.74, 6) is 0.671. The van der Waals surface area contributed by atoms with Crippen LogP contribution in [-0.4, -0.2) is 12.0 Å². The second-order valence-corrected chi connectivity index (χ2v) is 5.93. The van der Waals surface area contributed by atoms with Gasteiger partial charge in [-0.1, -0.05) is 12.1 Å². The summed E-state index contributed by atoms with van der Waals surface area (Å²) in [6.07, 6.45) is 0.130. The van der Waals surface area contributed by atoms with Gasteiger partial charge in [-0.2, -0.15) is 0 Å². The van der Waals surface area contributed by atoms with E-state index in [9.17, 15) is 4.79 Å². The summed E-state index contributed by atoms with van der Waals surface area (Å²) in [6.45, 7) is 5.92. The molecule has 1 N–H and O–H groups in total. The Kier molecular flexibility index (Phi) is 5.02. The number of carbonyl (C=O) groups is 1. The van der Waals surface area contributed by atoms with Gasteiger partial charge < -0.3 is 10.1 Å². The summed E-state index contributed by atoms with van der Waals surface area (Å²) in [5, 5.41) is 2.92. The van der Waals surface area contributed by atoms with Crippen LogP contribution in [-0.2, 0) is 0 Å². The minimum atomic E-state index is -0.136. The second-order valence-electron chi connectivity index (χ2n) is 5.08. The summed E-state index contributed by atoms with van der Waals surface area (Å²) in [7, 11) is 0. The highest BCUT2D eigenvalue weighted by Crippen LogP contribution is 2.24. The third kappa shape index (κ3) is 4.08. The number of amides is 1. The smallest absolute Gasteiger partial charge is 0.256 e. The van der Waals surface area contributed by atoms with Crippen molar-refractivity contribution in [1.82, 2.24) is 0 Å². The van der Waals surface area contributed by atoms with E-state index in [-0.39, 0.29) is 12.0 Å². The molecule has 0 aliphatic rings. The van der Waals surface area contributed by atoms with Crippen molar-refractivity contribution in [3.8, 4) is 5.75 Å². The third-order valence-electron chi connectivity index (χ3n) is 2.94. The topological polar surface area (TPSA) is 38.3 Å². The van der Waals surface area contributed by atoms with Crippen molar-refractivity contribution >= 4 is 27.5 Å². The van der Waals surface area contributed by atoms with E-state index in [0.29, 0.717) is 5.56 Å². The highest BCUT2D eigenvalue weighted by atomic mass is 79.9. The van der Waals surface area contributed by atoms with Crippen molar-refractivity contribution in [2.24, 2.45) is 0 Å². The molecule has 0 fully saturated rings. The lowest BCUT2D eigenvalue weighted by Crippen LogP contribution is -2.13. The fraction of sp³-hybridized carbons (Fsp3) is 0.235. The highest BCUT2D eigenvalue weighted by Gasteiger charge is 2.11. The Hall–Kier alpha value is -1.81. The first-order valence-corrected chi connectivity index (χ1v) is 7.60. The Balaban J connectivity index is 2.17. The number of rotatable bonds is 4. The molecule has 0 radical (unpaired) electrons. The molecule has 0 aliphatic carbocycles. The van der Waals surface area contributed by atoms with Gasteiger partial charge in [-0.25, -0.2) is 0 Å². The number of ether oxygens (including phenoxy) is 1. The zero-order chi connectivity index (χ0) is 15.4. The summed E-state index contributed by atoms with van der Waals surface area (Å²) in [4.78, 5) is 12.3.